The molecule has 0 saturated carbocycles. The topological polar surface area (TPSA) is 50.7 Å². The highest BCUT2D eigenvalue weighted by Gasteiger charge is 2.16. The third kappa shape index (κ3) is 5.09. The zero-order valence-corrected chi connectivity index (χ0v) is 12.3. The molecule has 0 aromatic heterocycles. The Labute approximate surface area is 115 Å². The van der Waals surface area contributed by atoms with Crippen LogP contribution in [0.4, 0.5) is 0 Å². The van der Waals surface area contributed by atoms with Crippen LogP contribution in [0, 0.1) is 0 Å². The minimum absolute atomic E-state index is 0.568. The molecule has 0 spiro atoms. The predicted octanol–water partition coefficient (Wildman–Crippen LogP) is 2.34. The maximum atomic E-state index is 9.91. The Kier molecular flexibility index (Phi) is 6.12. The van der Waals surface area contributed by atoms with Gasteiger partial charge in [-0.2, -0.15) is 0 Å². The summed E-state index contributed by atoms with van der Waals surface area (Å²) in [4.78, 5) is 0. The quantitative estimate of drug-likeness (QED) is 0.759. The number of nitrogens with one attached hydrogen (secondary N) is 1. The lowest BCUT2D eigenvalue weighted by molar-refractivity contribution is 0.0555. The van der Waals surface area contributed by atoms with Crippen molar-refractivity contribution in [2.24, 2.45) is 0 Å². The summed E-state index contributed by atoms with van der Waals surface area (Å²) in [5, 5.41) is 13.2. The lowest BCUT2D eigenvalue weighted by Crippen LogP contribution is -2.36. The van der Waals surface area contributed by atoms with Crippen LogP contribution in [-0.4, -0.2) is 31.0 Å². The van der Waals surface area contributed by atoms with Gasteiger partial charge in [0.05, 0.1) is 19.3 Å². The molecule has 0 fully saturated rings. The number of aliphatic hydroxyl groups is 1. The normalized spacial score (nSPS) is 13.9. The van der Waals surface area contributed by atoms with E-state index in [0.717, 1.165) is 23.5 Å². The van der Waals surface area contributed by atoms with Gasteiger partial charge in [0.1, 0.15) is 0 Å². The molecule has 108 valence electrons. The van der Waals surface area contributed by atoms with Crippen LogP contribution >= 0.6 is 0 Å². The Morgan fingerprint density at radius 1 is 1.26 bits per heavy atom. The van der Waals surface area contributed by atoms with Gasteiger partial charge in [-0.25, -0.2) is 0 Å². The summed E-state index contributed by atoms with van der Waals surface area (Å²) in [5.41, 5.74) is 0.447. The Hall–Kier alpha value is -1.26. The molecule has 19 heavy (non-hydrogen) atoms. The molecule has 0 aliphatic rings. The average Bonchev–Trinajstić information content (AvgIpc) is 2.40. The molecule has 1 aromatic rings. The summed E-state index contributed by atoms with van der Waals surface area (Å²) in [6, 6.07) is 5.87. The lowest BCUT2D eigenvalue weighted by atomic mass is 10.0. The highest BCUT2D eigenvalue weighted by atomic mass is 16.5. The summed E-state index contributed by atoms with van der Waals surface area (Å²) in [6.07, 6.45) is 0.729. The van der Waals surface area contributed by atoms with Crippen molar-refractivity contribution in [3.05, 3.63) is 23.8 Å². The van der Waals surface area contributed by atoms with Crippen molar-refractivity contribution in [2.45, 2.75) is 39.3 Å². The highest BCUT2D eigenvalue weighted by Crippen LogP contribution is 2.27. The van der Waals surface area contributed by atoms with Crippen LogP contribution < -0.4 is 14.8 Å². The minimum atomic E-state index is -0.657. The van der Waals surface area contributed by atoms with E-state index >= 15 is 0 Å². The van der Waals surface area contributed by atoms with Crippen molar-refractivity contribution in [1.82, 2.24) is 5.32 Å². The summed E-state index contributed by atoms with van der Waals surface area (Å²) in [6.45, 7) is 7.63. The molecule has 0 radical (unpaired) electrons. The van der Waals surface area contributed by atoms with E-state index in [-0.39, 0.29) is 0 Å². The molecule has 1 atom stereocenters. The van der Waals surface area contributed by atoms with Crippen molar-refractivity contribution >= 4 is 0 Å². The molecule has 0 aliphatic heterocycles. The molecular weight excluding hydrogens is 242 g/mol. The molecule has 1 rings (SSSR count). The monoisotopic (exact) mass is 267 g/mol. The van der Waals surface area contributed by atoms with Crippen LogP contribution in [0.2, 0.25) is 0 Å². The van der Waals surface area contributed by atoms with Gasteiger partial charge in [0.2, 0.25) is 0 Å². The molecule has 0 bridgehead atoms. The highest BCUT2D eigenvalue weighted by molar-refractivity contribution is 5.42. The first-order chi connectivity index (χ1) is 9.02. The van der Waals surface area contributed by atoms with Crippen LogP contribution in [0.3, 0.4) is 0 Å². The fourth-order valence-corrected chi connectivity index (χ4v) is 1.70. The fourth-order valence-electron chi connectivity index (χ4n) is 1.70. The summed E-state index contributed by atoms with van der Waals surface area (Å²) in [5.74, 6) is 1.50. The van der Waals surface area contributed by atoms with Crippen molar-refractivity contribution in [1.29, 1.82) is 0 Å². The van der Waals surface area contributed by atoms with Gasteiger partial charge in [-0.1, -0.05) is 13.0 Å². The van der Waals surface area contributed by atoms with Gasteiger partial charge >= 0.3 is 0 Å². The van der Waals surface area contributed by atoms with Gasteiger partial charge in [-0.05, 0) is 38.0 Å². The van der Waals surface area contributed by atoms with Crippen LogP contribution in [-0.2, 0) is 6.54 Å². The number of methoxy groups -OCH3 is 1. The van der Waals surface area contributed by atoms with Crippen molar-refractivity contribution in [2.75, 3.05) is 20.3 Å². The molecule has 1 unspecified atom stereocenters. The second-order valence-electron chi connectivity index (χ2n) is 4.87. The number of hydrogen-bond donors (Lipinski definition) is 2. The van der Waals surface area contributed by atoms with E-state index in [2.05, 4.69) is 5.32 Å². The standard InChI is InChI=1S/C15H25NO3/c1-5-15(3,17)11-16-10-12-7-8-13(19-6-2)14(9-12)18-4/h7-9,16-17H,5-6,10-11H2,1-4H3. The van der Waals surface area contributed by atoms with Gasteiger partial charge in [0, 0.05) is 13.1 Å². The van der Waals surface area contributed by atoms with E-state index < -0.39 is 5.60 Å². The summed E-state index contributed by atoms with van der Waals surface area (Å²) in [7, 11) is 1.64. The Morgan fingerprint density at radius 2 is 2.00 bits per heavy atom. The molecule has 0 heterocycles. The Balaban J connectivity index is 2.60. The van der Waals surface area contributed by atoms with E-state index in [1.54, 1.807) is 7.11 Å². The number of rotatable bonds is 8. The average molecular weight is 267 g/mol. The molecule has 1 aromatic carbocycles. The molecule has 0 amide bonds. The maximum Gasteiger partial charge on any atom is 0.161 e. The summed E-state index contributed by atoms with van der Waals surface area (Å²) < 4.78 is 10.8. The largest absolute Gasteiger partial charge is 0.493 e. The second kappa shape index (κ2) is 7.36. The van der Waals surface area contributed by atoms with Gasteiger partial charge in [-0.15, -0.1) is 0 Å². The lowest BCUT2D eigenvalue weighted by Gasteiger charge is -2.21. The zero-order valence-electron chi connectivity index (χ0n) is 12.3. The van der Waals surface area contributed by atoms with E-state index in [4.69, 9.17) is 9.47 Å². The minimum Gasteiger partial charge on any atom is -0.493 e. The summed E-state index contributed by atoms with van der Waals surface area (Å²) >= 11 is 0. The van der Waals surface area contributed by atoms with Gasteiger partial charge in [0.25, 0.3) is 0 Å². The molecule has 2 N–H and O–H groups in total. The maximum absolute atomic E-state index is 9.91. The Bertz CT molecular complexity index is 391. The van der Waals surface area contributed by atoms with E-state index in [9.17, 15) is 5.11 Å². The fraction of sp³-hybridized carbons (Fsp3) is 0.600. The zero-order chi connectivity index (χ0) is 14.3. The Morgan fingerprint density at radius 3 is 2.58 bits per heavy atom. The van der Waals surface area contributed by atoms with E-state index in [1.165, 1.54) is 0 Å². The third-order valence-corrected chi connectivity index (χ3v) is 3.12. The third-order valence-electron chi connectivity index (χ3n) is 3.12. The van der Waals surface area contributed by atoms with Gasteiger partial charge in [-0.3, -0.25) is 0 Å². The first kappa shape index (κ1) is 15.8. The van der Waals surface area contributed by atoms with E-state index in [1.807, 2.05) is 39.0 Å². The number of hydrogen-bond acceptors (Lipinski definition) is 4. The number of ether oxygens (including phenoxy) is 2. The smallest absolute Gasteiger partial charge is 0.161 e. The second-order valence-corrected chi connectivity index (χ2v) is 4.87. The predicted molar refractivity (Wildman–Crippen MR) is 76.8 cm³/mol. The van der Waals surface area contributed by atoms with E-state index in [0.29, 0.717) is 19.7 Å². The van der Waals surface area contributed by atoms with Crippen molar-refractivity contribution in [3.63, 3.8) is 0 Å². The van der Waals surface area contributed by atoms with Gasteiger partial charge < -0.3 is 19.9 Å². The van der Waals surface area contributed by atoms with Crippen LogP contribution in [0.5, 0.6) is 11.5 Å². The first-order valence-corrected chi connectivity index (χ1v) is 6.75. The molecule has 0 saturated heterocycles. The van der Waals surface area contributed by atoms with Gasteiger partial charge in [0.15, 0.2) is 11.5 Å². The SMILES string of the molecule is CCOc1ccc(CNCC(C)(O)CC)cc1OC. The molecule has 0 aliphatic carbocycles. The molecule has 4 heteroatoms. The first-order valence-electron chi connectivity index (χ1n) is 6.75. The van der Waals surface area contributed by atoms with Crippen molar-refractivity contribution in [3.8, 4) is 11.5 Å². The van der Waals surface area contributed by atoms with Crippen LogP contribution in [0.1, 0.15) is 32.8 Å². The molecular formula is C15H25NO3. The molecule has 4 nitrogen and oxygen atoms in total. The van der Waals surface area contributed by atoms with Crippen molar-refractivity contribution < 1.29 is 14.6 Å². The number of benzene rings is 1. The van der Waals surface area contributed by atoms with Crippen LogP contribution in [0.25, 0.3) is 0 Å². The van der Waals surface area contributed by atoms with Crippen LogP contribution in [0.15, 0.2) is 18.2 Å².